The predicted molar refractivity (Wildman–Crippen MR) is 105 cm³/mol. The molecule has 0 saturated carbocycles. The molecule has 0 aliphatic heterocycles. The molecule has 0 radical (unpaired) electrons. The second-order valence-corrected chi connectivity index (χ2v) is 5.91. The summed E-state index contributed by atoms with van der Waals surface area (Å²) in [6.45, 7) is 1.88. The number of nitro benzene ring substituents is 1. The molecule has 140 valence electrons. The number of para-hydroxylation sites is 1. The monoisotopic (exact) mass is 375 g/mol. The number of nitro groups is 1. The molecule has 0 fully saturated rings. The Labute approximate surface area is 161 Å². The molecule has 1 N–H and O–H groups in total. The molecule has 7 nitrogen and oxygen atoms in total. The highest BCUT2D eigenvalue weighted by Gasteiger charge is 2.14. The lowest BCUT2D eigenvalue weighted by molar-refractivity contribution is -0.385. The van der Waals surface area contributed by atoms with Crippen LogP contribution in [-0.2, 0) is 0 Å². The third-order valence-corrected chi connectivity index (χ3v) is 4.03. The van der Waals surface area contributed by atoms with Gasteiger partial charge in [-0.25, -0.2) is 0 Å². The average Bonchev–Trinajstić information content (AvgIpc) is 2.70. The topological polar surface area (TPSA) is 94.4 Å². The van der Waals surface area contributed by atoms with Crippen LogP contribution in [0.1, 0.15) is 15.9 Å². The molecule has 0 bridgehead atoms. The van der Waals surface area contributed by atoms with Crippen LogP contribution in [0.15, 0.2) is 54.7 Å². The SMILES string of the molecule is Cc1ccc(C(=O)NCC#CCOc2cccc3cccnc23)cc1[N+](=O)[O-]. The van der Waals surface area contributed by atoms with Gasteiger partial charge in [0.1, 0.15) is 17.9 Å². The number of carbonyl (C=O) groups excluding carboxylic acids is 1. The molecule has 0 spiro atoms. The van der Waals surface area contributed by atoms with E-state index in [1.54, 1.807) is 25.3 Å². The van der Waals surface area contributed by atoms with Gasteiger partial charge in [-0.05, 0) is 25.1 Å². The first-order valence-electron chi connectivity index (χ1n) is 8.52. The van der Waals surface area contributed by atoms with Crippen molar-refractivity contribution in [3.63, 3.8) is 0 Å². The van der Waals surface area contributed by atoms with E-state index in [0.29, 0.717) is 11.3 Å². The Morgan fingerprint density at radius 1 is 1.21 bits per heavy atom. The van der Waals surface area contributed by atoms with Crippen molar-refractivity contribution in [2.24, 2.45) is 0 Å². The summed E-state index contributed by atoms with van der Waals surface area (Å²) in [6.07, 6.45) is 1.70. The van der Waals surface area contributed by atoms with E-state index in [4.69, 9.17) is 4.74 Å². The zero-order chi connectivity index (χ0) is 19.9. The first kappa shape index (κ1) is 18.9. The van der Waals surface area contributed by atoms with Crippen molar-refractivity contribution in [2.75, 3.05) is 13.2 Å². The molecule has 0 aliphatic carbocycles. The molecule has 0 atom stereocenters. The molecular weight excluding hydrogens is 358 g/mol. The predicted octanol–water partition coefficient (Wildman–Crippen LogP) is 3.26. The van der Waals surface area contributed by atoms with Gasteiger partial charge in [0.15, 0.2) is 0 Å². The van der Waals surface area contributed by atoms with Crippen LogP contribution in [0.25, 0.3) is 10.9 Å². The molecule has 28 heavy (non-hydrogen) atoms. The van der Waals surface area contributed by atoms with Crippen molar-refractivity contribution in [3.05, 3.63) is 76.0 Å². The van der Waals surface area contributed by atoms with Crippen molar-refractivity contribution in [2.45, 2.75) is 6.92 Å². The summed E-state index contributed by atoms with van der Waals surface area (Å²) in [7, 11) is 0. The lowest BCUT2D eigenvalue weighted by atomic mass is 10.1. The lowest BCUT2D eigenvalue weighted by Crippen LogP contribution is -2.23. The molecule has 0 aliphatic rings. The second kappa shape index (κ2) is 8.64. The number of benzene rings is 2. The minimum Gasteiger partial charge on any atom is -0.479 e. The fraction of sp³-hybridized carbons (Fsp3) is 0.143. The van der Waals surface area contributed by atoms with Crippen molar-refractivity contribution >= 4 is 22.5 Å². The third kappa shape index (κ3) is 4.43. The van der Waals surface area contributed by atoms with Crippen molar-refractivity contribution in [1.82, 2.24) is 10.3 Å². The number of nitrogens with one attached hydrogen (secondary N) is 1. The number of hydrogen-bond acceptors (Lipinski definition) is 5. The fourth-order valence-electron chi connectivity index (χ4n) is 2.59. The molecule has 1 amide bonds. The Morgan fingerprint density at radius 3 is 2.86 bits per heavy atom. The normalized spacial score (nSPS) is 10.0. The Morgan fingerprint density at radius 2 is 2.04 bits per heavy atom. The van der Waals surface area contributed by atoms with Crippen LogP contribution in [0.3, 0.4) is 0 Å². The number of rotatable bonds is 5. The average molecular weight is 375 g/mol. The molecule has 1 aromatic heterocycles. The van der Waals surface area contributed by atoms with E-state index in [2.05, 4.69) is 22.1 Å². The molecule has 7 heteroatoms. The number of carbonyl (C=O) groups is 1. The van der Waals surface area contributed by atoms with Crippen molar-refractivity contribution < 1.29 is 14.5 Å². The maximum atomic E-state index is 12.1. The van der Waals surface area contributed by atoms with E-state index in [-0.39, 0.29) is 24.4 Å². The molecule has 1 heterocycles. The number of aryl methyl sites for hydroxylation is 1. The van der Waals surface area contributed by atoms with Crippen LogP contribution in [0.5, 0.6) is 5.75 Å². The molecular formula is C21H17N3O4. The molecule has 3 aromatic rings. The summed E-state index contributed by atoms with van der Waals surface area (Å²) >= 11 is 0. The highest BCUT2D eigenvalue weighted by atomic mass is 16.6. The number of amides is 1. The van der Waals surface area contributed by atoms with Crippen molar-refractivity contribution in [3.8, 4) is 17.6 Å². The Balaban J connectivity index is 1.53. The van der Waals surface area contributed by atoms with E-state index in [9.17, 15) is 14.9 Å². The summed E-state index contributed by atoms with van der Waals surface area (Å²) < 4.78 is 5.64. The lowest BCUT2D eigenvalue weighted by Gasteiger charge is -2.05. The number of aromatic nitrogens is 1. The van der Waals surface area contributed by atoms with Gasteiger partial charge in [-0.2, -0.15) is 0 Å². The van der Waals surface area contributed by atoms with Gasteiger partial charge >= 0.3 is 0 Å². The summed E-state index contributed by atoms with van der Waals surface area (Å²) in [5, 5.41) is 14.5. The van der Waals surface area contributed by atoms with Crippen LogP contribution in [-0.4, -0.2) is 29.0 Å². The molecule has 2 aromatic carbocycles. The zero-order valence-electron chi connectivity index (χ0n) is 15.1. The van der Waals surface area contributed by atoms with E-state index in [1.165, 1.54) is 6.07 Å². The highest BCUT2D eigenvalue weighted by Crippen LogP contribution is 2.22. The first-order valence-corrected chi connectivity index (χ1v) is 8.52. The Bertz CT molecular complexity index is 1090. The Kier molecular flexibility index (Phi) is 5.82. The zero-order valence-corrected chi connectivity index (χ0v) is 15.1. The second-order valence-electron chi connectivity index (χ2n) is 5.91. The van der Waals surface area contributed by atoms with Gasteiger partial charge in [-0.1, -0.05) is 36.1 Å². The van der Waals surface area contributed by atoms with Gasteiger partial charge in [0, 0.05) is 28.8 Å². The van der Waals surface area contributed by atoms with Crippen LogP contribution >= 0.6 is 0 Å². The van der Waals surface area contributed by atoms with E-state index in [1.807, 2.05) is 30.3 Å². The van der Waals surface area contributed by atoms with Gasteiger partial charge in [-0.3, -0.25) is 19.9 Å². The minimum absolute atomic E-state index is 0.0872. The summed E-state index contributed by atoms with van der Waals surface area (Å²) in [5.41, 5.74) is 1.40. The van der Waals surface area contributed by atoms with Crippen LogP contribution in [0.2, 0.25) is 0 Å². The number of hydrogen-bond donors (Lipinski definition) is 1. The third-order valence-electron chi connectivity index (χ3n) is 4.03. The standard InChI is InChI=1S/C21H17N3O4/c1-15-9-10-17(14-18(15)24(26)27)21(25)23-11-2-3-13-28-19-8-4-6-16-7-5-12-22-20(16)19/h4-10,12,14H,11,13H2,1H3,(H,23,25). The summed E-state index contributed by atoms with van der Waals surface area (Å²) in [6, 6.07) is 13.8. The fourth-order valence-corrected chi connectivity index (χ4v) is 2.59. The van der Waals surface area contributed by atoms with E-state index < -0.39 is 10.8 Å². The number of nitrogens with zero attached hydrogens (tertiary/aromatic N) is 2. The van der Waals surface area contributed by atoms with Crippen molar-refractivity contribution in [1.29, 1.82) is 0 Å². The minimum atomic E-state index is -0.509. The van der Waals surface area contributed by atoms with Gasteiger partial charge in [0.05, 0.1) is 11.5 Å². The largest absolute Gasteiger partial charge is 0.479 e. The summed E-state index contributed by atoms with van der Waals surface area (Å²) in [5.74, 6) is 5.84. The molecule has 3 rings (SSSR count). The molecule has 0 unspecified atom stereocenters. The smallest absolute Gasteiger partial charge is 0.273 e. The first-order chi connectivity index (χ1) is 13.6. The quantitative estimate of drug-likeness (QED) is 0.420. The Hall–Kier alpha value is -3.92. The summed E-state index contributed by atoms with van der Waals surface area (Å²) in [4.78, 5) is 26.8. The van der Waals surface area contributed by atoms with E-state index in [0.717, 1.165) is 10.9 Å². The molecule has 0 saturated heterocycles. The van der Waals surface area contributed by atoms with Crippen LogP contribution in [0.4, 0.5) is 5.69 Å². The maximum absolute atomic E-state index is 12.1. The van der Waals surface area contributed by atoms with E-state index >= 15 is 0 Å². The number of ether oxygens (including phenoxy) is 1. The van der Waals surface area contributed by atoms with Gasteiger partial charge in [0.25, 0.3) is 11.6 Å². The number of pyridine rings is 1. The van der Waals surface area contributed by atoms with Gasteiger partial charge in [0.2, 0.25) is 0 Å². The van der Waals surface area contributed by atoms with Gasteiger partial charge < -0.3 is 10.1 Å². The maximum Gasteiger partial charge on any atom is 0.273 e. The van der Waals surface area contributed by atoms with Crippen LogP contribution < -0.4 is 10.1 Å². The highest BCUT2D eigenvalue weighted by molar-refractivity contribution is 5.95. The number of fused-ring (bicyclic) bond motifs is 1. The van der Waals surface area contributed by atoms with Crippen LogP contribution in [0, 0.1) is 28.9 Å². The van der Waals surface area contributed by atoms with Gasteiger partial charge in [-0.15, -0.1) is 0 Å².